The smallest absolute Gasteiger partial charge is 0.0105 e. The van der Waals surface area contributed by atoms with E-state index in [1.165, 1.54) is 31.2 Å². The van der Waals surface area contributed by atoms with Gasteiger partial charge in [-0.25, -0.2) is 0 Å². The molecule has 1 aromatic rings. The molecule has 0 saturated heterocycles. The molecule has 1 rings (SSSR count). The van der Waals surface area contributed by atoms with Gasteiger partial charge in [0.05, 0.1) is 0 Å². The van der Waals surface area contributed by atoms with Gasteiger partial charge in [-0.2, -0.15) is 0 Å². The molecule has 1 unspecified atom stereocenters. The number of hydrogen-bond acceptors (Lipinski definition) is 1. The summed E-state index contributed by atoms with van der Waals surface area (Å²) in [5.41, 5.74) is 1.44. The fourth-order valence-electron chi connectivity index (χ4n) is 2.24. The average molecular weight is 247 g/mol. The minimum Gasteiger partial charge on any atom is -0.314 e. The van der Waals surface area contributed by atoms with Crippen LogP contribution in [0.15, 0.2) is 30.3 Å². The molecule has 1 atom stereocenters. The Morgan fingerprint density at radius 1 is 1.06 bits per heavy atom. The lowest BCUT2D eigenvalue weighted by Gasteiger charge is -2.17. The van der Waals surface area contributed by atoms with E-state index in [1.54, 1.807) is 0 Å². The highest BCUT2D eigenvalue weighted by Gasteiger charge is 2.06. The zero-order valence-electron chi connectivity index (χ0n) is 12.3. The maximum absolute atomic E-state index is 3.69. The van der Waals surface area contributed by atoms with E-state index >= 15 is 0 Å². The second-order valence-corrected chi connectivity index (χ2v) is 5.64. The lowest BCUT2D eigenvalue weighted by Crippen LogP contribution is -2.31. The third-order valence-electron chi connectivity index (χ3n) is 3.46. The molecule has 0 aliphatic heterocycles. The van der Waals surface area contributed by atoms with Crippen molar-refractivity contribution in [1.82, 2.24) is 5.32 Å². The van der Waals surface area contributed by atoms with Crippen LogP contribution in [0, 0.1) is 5.92 Å². The lowest BCUT2D eigenvalue weighted by atomic mass is 10.0. The zero-order valence-corrected chi connectivity index (χ0v) is 12.3. The van der Waals surface area contributed by atoms with Gasteiger partial charge in [0.25, 0.3) is 0 Å². The Morgan fingerprint density at radius 3 is 2.39 bits per heavy atom. The van der Waals surface area contributed by atoms with Gasteiger partial charge in [0.2, 0.25) is 0 Å². The average Bonchev–Trinajstić information content (AvgIpc) is 2.38. The normalized spacial score (nSPS) is 12.9. The molecule has 0 radical (unpaired) electrons. The van der Waals surface area contributed by atoms with Crippen LogP contribution in [0.1, 0.15) is 52.0 Å². The van der Waals surface area contributed by atoms with Crippen LogP contribution < -0.4 is 5.32 Å². The molecule has 1 nitrogen and oxygen atoms in total. The molecular weight excluding hydrogens is 218 g/mol. The molecule has 0 aliphatic rings. The highest BCUT2D eigenvalue weighted by atomic mass is 14.9. The first-order valence-corrected chi connectivity index (χ1v) is 7.49. The number of nitrogens with one attached hydrogen (secondary N) is 1. The summed E-state index contributed by atoms with van der Waals surface area (Å²) in [4.78, 5) is 0. The molecule has 0 fully saturated rings. The molecule has 1 N–H and O–H groups in total. The Bertz CT molecular complexity index is 292. The van der Waals surface area contributed by atoms with Gasteiger partial charge in [-0.15, -0.1) is 0 Å². The van der Waals surface area contributed by atoms with Gasteiger partial charge in [-0.3, -0.25) is 0 Å². The SMILES string of the molecule is CCC(Cc1ccccc1)NCCCCC(C)C. The monoisotopic (exact) mass is 247 g/mol. The van der Waals surface area contributed by atoms with Crippen molar-refractivity contribution < 1.29 is 0 Å². The van der Waals surface area contributed by atoms with Crippen LogP contribution in [-0.4, -0.2) is 12.6 Å². The third kappa shape index (κ3) is 6.80. The zero-order chi connectivity index (χ0) is 13.2. The Labute approximate surface area is 113 Å². The van der Waals surface area contributed by atoms with Gasteiger partial charge in [0.1, 0.15) is 0 Å². The minimum absolute atomic E-state index is 0.631. The van der Waals surface area contributed by atoms with Crippen LogP contribution >= 0.6 is 0 Å². The van der Waals surface area contributed by atoms with Crippen LogP contribution in [0.3, 0.4) is 0 Å². The lowest BCUT2D eigenvalue weighted by molar-refractivity contribution is 0.464. The summed E-state index contributed by atoms with van der Waals surface area (Å²) in [6.07, 6.45) is 6.38. The van der Waals surface area contributed by atoms with Crippen LogP contribution in [-0.2, 0) is 6.42 Å². The van der Waals surface area contributed by atoms with Crippen LogP contribution in [0.4, 0.5) is 0 Å². The minimum atomic E-state index is 0.631. The van der Waals surface area contributed by atoms with Crippen LogP contribution in [0.2, 0.25) is 0 Å². The number of unbranched alkanes of at least 4 members (excludes halogenated alkanes) is 1. The summed E-state index contributed by atoms with van der Waals surface area (Å²) in [7, 11) is 0. The highest BCUT2D eigenvalue weighted by Crippen LogP contribution is 2.07. The number of benzene rings is 1. The van der Waals surface area contributed by atoms with Gasteiger partial charge < -0.3 is 5.32 Å². The van der Waals surface area contributed by atoms with Crippen LogP contribution in [0.5, 0.6) is 0 Å². The molecule has 0 aliphatic carbocycles. The molecule has 0 amide bonds. The van der Waals surface area contributed by atoms with E-state index in [0.717, 1.165) is 18.9 Å². The molecule has 1 aromatic carbocycles. The predicted molar refractivity (Wildman–Crippen MR) is 80.9 cm³/mol. The summed E-state index contributed by atoms with van der Waals surface area (Å²) in [5.74, 6) is 0.844. The second kappa shape index (κ2) is 9.16. The van der Waals surface area contributed by atoms with Gasteiger partial charge in [-0.05, 0) is 37.3 Å². The largest absolute Gasteiger partial charge is 0.314 e. The van der Waals surface area contributed by atoms with Crippen molar-refractivity contribution in [2.45, 2.75) is 58.9 Å². The molecule has 0 spiro atoms. The maximum atomic E-state index is 3.69. The fourth-order valence-corrected chi connectivity index (χ4v) is 2.24. The third-order valence-corrected chi connectivity index (χ3v) is 3.46. The van der Waals surface area contributed by atoms with E-state index in [9.17, 15) is 0 Å². The quantitative estimate of drug-likeness (QED) is 0.637. The summed E-state index contributed by atoms with van der Waals surface area (Å²) in [6.45, 7) is 8.04. The molecule has 1 heteroatoms. The van der Waals surface area contributed by atoms with Crippen molar-refractivity contribution >= 4 is 0 Å². The molecule has 102 valence electrons. The van der Waals surface area contributed by atoms with Crippen molar-refractivity contribution in [2.24, 2.45) is 5.92 Å². The van der Waals surface area contributed by atoms with E-state index in [2.05, 4.69) is 56.4 Å². The number of hydrogen-bond donors (Lipinski definition) is 1. The highest BCUT2D eigenvalue weighted by molar-refractivity contribution is 5.15. The topological polar surface area (TPSA) is 12.0 Å². The Morgan fingerprint density at radius 2 is 1.78 bits per heavy atom. The number of rotatable bonds is 9. The molecule has 0 bridgehead atoms. The van der Waals surface area contributed by atoms with E-state index in [1.807, 2.05) is 0 Å². The van der Waals surface area contributed by atoms with Crippen molar-refractivity contribution in [3.05, 3.63) is 35.9 Å². The van der Waals surface area contributed by atoms with Gasteiger partial charge >= 0.3 is 0 Å². The Balaban J connectivity index is 2.18. The summed E-state index contributed by atoms with van der Waals surface area (Å²) in [6, 6.07) is 11.4. The molecule has 0 heterocycles. The standard InChI is InChI=1S/C17H29N/c1-4-17(14-16-11-6-5-7-12-16)18-13-9-8-10-15(2)3/h5-7,11-12,15,17-18H,4,8-10,13-14H2,1-3H3. The molecular formula is C17H29N. The summed E-state index contributed by atoms with van der Waals surface area (Å²) < 4.78 is 0. The van der Waals surface area contributed by atoms with E-state index < -0.39 is 0 Å². The van der Waals surface area contributed by atoms with Gasteiger partial charge in [0.15, 0.2) is 0 Å². The van der Waals surface area contributed by atoms with E-state index in [-0.39, 0.29) is 0 Å². The molecule has 0 aromatic heterocycles. The first-order chi connectivity index (χ1) is 8.72. The maximum Gasteiger partial charge on any atom is 0.0105 e. The van der Waals surface area contributed by atoms with Crippen LogP contribution in [0.25, 0.3) is 0 Å². The van der Waals surface area contributed by atoms with Crippen molar-refractivity contribution in [3.63, 3.8) is 0 Å². The van der Waals surface area contributed by atoms with Crippen molar-refractivity contribution in [1.29, 1.82) is 0 Å². The summed E-state index contributed by atoms with van der Waals surface area (Å²) in [5, 5.41) is 3.69. The first kappa shape index (κ1) is 15.2. The van der Waals surface area contributed by atoms with E-state index in [0.29, 0.717) is 6.04 Å². The van der Waals surface area contributed by atoms with E-state index in [4.69, 9.17) is 0 Å². The van der Waals surface area contributed by atoms with Gasteiger partial charge in [0, 0.05) is 6.04 Å². The summed E-state index contributed by atoms with van der Waals surface area (Å²) >= 11 is 0. The van der Waals surface area contributed by atoms with Crippen molar-refractivity contribution in [3.8, 4) is 0 Å². The molecule has 0 saturated carbocycles. The Hall–Kier alpha value is -0.820. The second-order valence-electron chi connectivity index (χ2n) is 5.64. The Kier molecular flexibility index (Phi) is 7.75. The van der Waals surface area contributed by atoms with Crippen molar-refractivity contribution in [2.75, 3.05) is 6.54 Å². The first-order valence-electron chi connectivity index (χ1n) is 7.49. The predicted octanol–water partition coefficient (Wildman–Crippen LogP) is 4.42. The fraction of sp³-hybridized carbons (Fsp3) is 0.647. The molecule has 18 heavy (non-hydrogen) atoms. The van der Waals surface area contributed by atoms with Gasteiger partial charge in [-0.1, -0.05) is 63.9 Å².